The highest BCUT2D eigenvalue weighted by molar-refractivity contribution is 7.89. The molecule has 0 fully saturated rings. The van der Waals surface area contributed by atoms with Crippen LogP contribution in [0.2, 0.25) is 0 Å². The summed E-state index contributed by atoms with van der Waals surface area (Å²) in [7, 11) is -4.56. The second kappa shape index (κ2) is 5.15. The van der Waals surface area contributed by atoms with Crippen LogP contribution in [0.15, 0.2) is 23.1 Å². The highest BCUT2D eigenvalue weighted by Gasteiger charge is 2.39. The van der Waals surface area contributed by atoms with E-state index in [4.69, 9.17) is 11.0 Å². The Morgan fingerprint density at radius 3 is 2.32 bits per heavy atom. The average Bonchev–Trinajstić information content (AvgIpc) is 2.25. The van der Waals surface area contributed by atoms with Gasteiger partial charge in [0.2, 0.25) is 15.9 Å². The van der Waals surface area contributed by atoms with Crippen LogP contribution in [0.25, 0.3) is 0 Å². The number of alkyl halides is 3. The summed E-state index contributed by atoms with van der Waals surface area (Å²) in [5, 5.41) is 4.73. The molecule has 0 saturated heterocycles. The lowest BCUT2D eigenvalue weighted by molar-refractivity contribution is -0.140. The maximum absolute atomic E-state index is 12.9. The Labute approximate surface area is 106 Å². The summed E-state index contributed by atoms with van der Waals surface area (Å²) in [6, 6.07) is 2.77. The van der Waals surface area contributed by atoms with Crippen LogP contribution in [0.4, 0.5) is 13.2 Å². The SMILES string of the molecule is NNC(=O)Cc1cccc(S(N)(=O)=O)c1C(F)(F)F. The monoisotopic (exact) mass is 297 g/mol. The smallest absolute Gasteiger partial charge is 0.294 e. The fraction of sp³-hybridized carbons (Fsp3) is 0.222. The Balaban J connectivity index is 3.53. The standard InChI is InChI=1S/C9H10F3N3O3S/c10-9(11,12)8-5(4-7(16)15-13)2-1-3-6(8)19(14,17)18/h1-3H,4,13H2,(H,15,16)(H2,14,17,18). The van der Waals surface area contributed by atoms with E-state index in [1.165, 1.54) is 0 Å². The van der Waals surface area contributed by atoms with Crippen molar-refractivity contribution in [3.05, 3.63) is 29.3 Å². The molecule has 1 aromatic carbocycles. The Morgan fingerprint density at radius 1 is 1.32 bits per heavy atom. The number of carbonyl (C=O) groups is 1. The van der Waals surface area contributed by atoms with Crippen molar-refractivity contribution in [1.29, 1.82) is 0 Å². The largest absolute Gasteiger partial charge is 0.418 e. The molecule has 106 valence electrons. The molecule has 0 heterocycles. The molecule has 0 radical (unpaired) electrons. The molecule has 19 heavy (non-hydrogen) atoms. The zero-order valence-electron chi connectivity index (χ0n) is 9.36. The molecule has 0 aliphatic rings. The first-order chi connectivity index (χ1) is 8.57. The van der Waals surface area contributed by atoms with Gasteiger partial charge in [0.25, 0.3) is 0 Å². The van der Waals surface area contributed by atoms with Crippen molar-refractivity contribution in [3.8, 4) is 0 Å². The highest BCUT2D eigenvalue weighted by Crippen LogP contribution is 2.36. The second-order valence-corrected chi connectivity index (χ2v) is 5.11. The Kier molecular flexibility index (Phi) is 4.18. The summed E-state index contributed by atoms with van der Waals surface area (Å²) in [6.07, 6.45) is -5.68. The van der Waals surface area contributed by atoms with Gasteiger partial charge in [-0.15, -0.1) is 0 Å². The predicted molar refractivity (Wildman–Crippen MR) is 58.9 cm³/mol. The number of rotatable bonds is 3. The van der Waals surface area contributed by atoms with Gasteiger partial charge in [0, 0.05) is 0 Å². The number of amides is 1. The van der Waals surface area contributed by atoms with Crippen molar-refractivity contribution < 1.29 is 26.4 Å². The molecule has 5 N–H and O–H groups in total. The molecule has 0 spiro atoms. The van der Waals surface area contributed by atoms with Crippen molar-refractivity contribution >= 4 is 15.9 Å². The number of hydrogen-bond donors (Lipinski definition) is 3. The van der Waals surface area contributed by atoms with E-state index in [0.29, 0.717) is 0 Å². The molecule has 0 saturated carbocycles. The van der Waals surface area contributed by atoms with Gasteiger partial charge in [0.1, 0.15) is 0 Å². The fourth-order valence-corrected chi connectivity index (χ4v) is 2.31. The maximum Gasteiger partial charge on any atom is 0.418 e. The van der Waals surface area contributed by atoms with E-state index in [2.05, 4.69) is 0 Å². The van der Waals surface area contributed by atoms with E-state index in [0.717, 1.165) is 18.2 Å². The molecule has 0 aliphatic carbocycles. The number of hydrogen-bond acceptors (Lipinski definition) is 4. The maximum atomic E-state index is 12.9. The van der Waals surface area contributed by atoms with E-state index >= 15 is 0 Å². The Hall–Kier alpha value is -1.65. The molecular weight excluding hydrogens is 287 g/mol. The van der Waals surface area contributed by atoms with Crippen molar-refractivity contribution in [2.75, 3.05) is 0 Å². The van der Waals surface area contributed by atoms with Crippen LogP contribution in [-0.2, 0) is 27.4 Å². The fourth-order valence-electron chi connectivity index (χ4n) is 1.51. The van der Waals surface area contributed by atoms with Gasteiger partial charge in [0.05, 0.1) is 16.9 Å². The van der Waals surface area contributed by atoms with Gasteiger partial charge in [-0.05, 0) is 11.6 Å². The van der Waals surface area contributed by atoms with Crippen molar-refractivity contribution in [3.63, 3.8) is 0 Å². The van der Waals surface area contributed by atoms with Crippen LogP contribution in [0.3, 0.4) is 0 Å². The first kappa shape index (κ1) is 15.4. The molecule has 0 aliphatic heterocycles. The first-order valence-electron chi connectivity index (χ1n) is 4.78. The number of sulfonamides is 1. The van der Waals surface area contributed by atoms with Gasteiger partial charge in [0.15, 0.2) is 0 Å². The summed E-state index contributed by atoms with van der Waals surface area (Å²) in [6.45, 7) is 0. The number of carbonyl (C=O) groups excluding carboxylic acids is 1. The van der Waals surface area contributed by atoms with Crippen molar-refractivity contribution in [1.82, 2.24) is 5.43 Å². The van der Waals surface area contributed by atoms with Gasteiger partial charge in [-0.25, -0.2) is 19.4 Å². The van der Waals surface area contributed by atoms with Gasteiger partial charge in [-0.1, -0.05) is 12.1 Å². The molecule has 0 unspecified atom stereocenters. The summed E-state index contributed by atoms with van der Waals surface area (Å²) in [5.74, 6) is 3.89. The molecule has 1 rings (SSSR count). The van der Waals surface area contributed by atoms with Crippen LogP contribution >= 0.6 is 0 Å². The number of nitrogens with one attached hydrogen (secondary N) is 1. The first-order valence-corrected chi connectivity index (χ1v) is 6.33. The Morgan fingerprint density at radius 2 is 1.89 bits per heavy atom. The number of primary sulfonamides is 1. The molecule has 0 atom stereocenters. The number of benzene rings is 1. The summed E-state index contributed by atoms with van der Waals surface area (Å²) >= 11 is 0. The molecule has 10 heteroatoms. The van der Waals surface area contributed by atoms with Crippen molar-refractivity contribution in [2.45, 2.75) is 17.5 Å². The highest BCUT2D eigenvalue weighted by atomic mass is 32.2. The van der Waals surface area contributed by atoms with Crippen LogP contribution in [0, 0.1) is 0 Å². The molecule has 1 aromatic rings. The van der Waals surface area contributed by atoms with Gasteiger partial charge < -0.3 is 0 Å². The third-order valence-corrected chi connectivity index (χ3v) is 3.17. The quantitative estimate of drug-likeness (QED) is 0.410. The zero-order chi connectivity index (χ0) is 14.8. The molecular formula is C9H10F3N3O3S. The molecule has 1 amide bonds. The summed E-state index contributed by atoms with van der Waals surface area (Å²) in [4.78, 5) is 9.96. The van der Waals surface area contributed by atoms with Crippen LogP contribution in [0.1, 0.15) is 11.1 Å². The summed E-state index contributed by atoms with van der Waals surface area (Å²) < 4.78 is 61.1. The lowest BCUT2D eigenvalue weighted by atomic mass is 10.0. The number of nitrogens with two attached hydrogens (primary N) is 2. The lowest BCUT2D eigenvalue weighted by Crippen LogP contribution is -2.32. The van der Waals surface area contributed by atoms with Gasteiger partial charge >= 0.3 is 6.18 Å². The lowest BCUT2D eigenvalue weighted by Gasteiger charge is -2.15. The third-order valence-electron chi connectivity index (χ3n) is 2.21. The predicted octanol–water partition coefficient (Wildman–Crippen LogP) is -0.115. The average molecular weight is 297 g/mol. The topological polar surface area (TPSA) is 115 Å². The van der Waals surface area contributed by atoms with Gasteiger partial charge in [-0.3, -0.25) is 10.2 Å². The Bertz CT molecular complexity index is 598. The minimum absolute atomic E-state index is 0.526. The second-order valence-electron chi connectivity index (χ2n) is 3.58. The number of hydrazine groups is 1. The van der Waals surface area contributed by atoms with Crippen molar-refractivity contribution in [2.24, 2.45) is 11.0 Å². The minimum Gasteiger partial charge on any atom is -0.294 e. The van der Waals surface area contributed by atoms with Crippen LogP contribution in [-0.4, -0.2) is 14.3 Å². The molecule has 0 bridgehead atoms. The van der Waals surface area contributed by atoms with E-state index in [-0.39, 0.29) is 0 Å². The van der Waals surface area contributed by atoms with Crippen LogP contribution in [0.5, 0.6) is 0 Å². The third kappa shape index (κ3) is 3.66. The van der Waals surface area contributed by atoms with E-state index < -0.39 is 44.5 Å². The van der Waals surface area contributed by atoms with Crippen LogP contribution < -0.4 is 16.4 Å². The number of halogens is 3. The van der Waals surface area contributed by atoms with E-state index in [1.807, 2.05) is 0 Å². The molecule has 6 nitrogen and oxygen atoms in total. The van der Waals surface area contributed by atoms with Gasteiger partial charge in [-0.2, -0.15) is 13.2 Å². The molecule has 0 aromatic heterocycles. The van der Waals surface area contributed by atoms with E-state index in [9.17, 15) is 26.4 Å². The normalized spacial score (nSPS) is 12.3. The van der Waals surface area contributed by atoms with E-state index in [1.54, 1.807) is 5.43 Å². The zero-order valence-corrected chi connectivity index (χ0v) is 10.2. The minimum atomic E-state index is -4.97. The summed E-state index contributed by atoms with van der Waals surface area (Å²) in [5.41, 5.74) is -0.320.